The van der Waals surface area contributed by atoms with E-state index in [-0.39, 0.29) is 5.91 Å². The fourth-order valence-electron chi connectivity index (χ4n) is 1.76. The fraction of sp³-hybridized carbons (Fsp3) is 0.500. The Morgan fingerprint density at radius 3 is 2.48 bits per heavy atom. The number of nitrogens with one attached hydrogen (secondary N) is 1. The van der Waals surface area contributed by atoms with Crippen molar-refractivity contribution >= 4 is 5.91 Å². The summed E-state index contributed by atoms with van der Waals surface area (Å²) >= 11 is 0. The van der Waals surface area contributed by atoms with Crippen molar-refractivity contribution in [1.29, 1.82) is 0 Å². The number of hydrogen-bond donors (Lipinski definition) is 2. The molecular weight excluding hydrogens is 262 g/mol. The first-order valence-electron chi connectivity index (χ1n) is 7.63. The van der Waals surface area contributed by atoms with Gasteiger partial charge in [-0.3, -0.25) is 4.79 Å². The second kappa shape index (κ2) is 12.2. The minimum absolute atomic E-state index is 0.150. The van der Waals surface area contributed by atoms with E-state index in [9.17, 15) is 9.90 Å². The van der Waals surface area contributed by atoms with Crippen LogP contribution in [0.3, 0.4) is 0 Å². The van der Waals surface area contributed by atoms with Crippen LogP contribution in [-0.2, 0) is 4.79 Å². The van der Waals surface area contributed by atoms with Gasteiger partial charge >= 0.3 is 0 Å². The van der Waals surface area contributed by atoms with Gasteiger partial charge in [-0.15, -0.1) is 0 Å². The molecule has 1 amide bonds. The zero-order valence-corrected chi connectivity index (χ0v) is 13.5. The van der Waals surface area contributed by atoms with Gasteiger partial charge in [0, 0.05) is 6.54 Å². The summed E-state index contributed by atoms with van der Waals surface area (Å²) in [6.45, 7) is 6.02. The normalized spacial score (nSPS) is 15.4. The molecule has 0 aliphatic carbocycles. The minimum atomic E-state index is -0.819. The van der Waals surface area contributed by atoms with Crippen molar-refractivity contribution in [2.45, 2.75) is 52.1 Å². The summed E-state index contributed by atoms with van der Waals surface area (Å²) in [5, 5.41) is 12.7. The quantitative estimate of drug-likeness (QED) is 0.366. The summed E-state index contributed by atoms with van der Waals surface area (Å²) in [6.07, 6.45) is 18.7. The number of allylic oxidation sites excluding steroid dienone is 7. The highest BCUT2D eigenvalue weighted by molar-refractivity contribution is 5.87. The summed E-state index contributed by atoms with van der Waals surface area (Å²) in [5.74, 6) is -0.150. The van der Waals surface area contributed by atoms with Crippen LogP contribution in [0.15, 0.2) is 48.6 Å². The summed E-state index contributed by atoms with van der Waals surface area (Å²) in [7, 11) is 0. The van der Waals surface area contributed by atoms with E-state index in [4.69, 9.17) is 0 Å². The maximum absolute atomic E-state index is 11.6. The van der Waals surface area contributed by atoms with Crippen molar-refractivity contribution in [2.75, 3.05) is 6.54 Å². The van der Waals surface area contributed by atoms with Crippen molar-refractivity contribution in [1.82, 2.24) is 5.32 Å². The van der Waals surface area contributed by atoms with Crippen LogP contribution in [0.4, 0.5) is 0 Å². The summed E-state index contributed by atoms with van der Waals surface area (Å²) in [4.78, 5) is 11.6. The Morgan fingerprint density at radius 2 is 1.81 bits per heavy atom. The third-order valence-corrected chi connectivity index (χ3v) is 2.86. The Morgan fingerprint density at radius 1 is 1.14 bits per heavy atom. The zero-order valence-electron chi connectivity index (χ0n) is 13.5. The number of rotatable bonds is 10. The van der Waals surface area contributed by atoms with E-state index in [0.717, 1.165) is 19.3 Å². The Hall–Kier alpha value is -1.61. The molecule has 3 heteroatoms. The lowest BCUT2D eigenvalue weighted by Gasteiger charge is -2.22. The van der Waals surface area contributed by atoms with Crippen LogP contribution in [0.5, 0.6) is 0 Å². The lowest BCUT2D eigenvalue weighted by atomic mass is 10.0. The first kappa shape index (κ1) is 19.4. The van der Waals surface area contributed by atoms with Crippen LogP contribution in [0.2, 0.25) is 0 Å². The van der Waals surface area contributed by atoms with E-state index in [0.29, 0.717) is 13.0 Å². The molecule has 21 heavy (non-hydrogen) atoms. The molecule has 118 valence electrons. The number of unbranched alkanes of at least 4 members (excludes halogenated alkanes) is 1. The molecule has 1 unspecified atom stereocenters. The SMILES string of the molecule is CC=CC=CC=CCCC=CC(=O)NCC(C)(O)CCC. The molecular formula is C18H29NO2. The number of carbonyl (C=O) groups is 1. The van der Waals surface area contributed by atoms with Crippen molar-refractivity contribution < 1.29 is 9.90 Å². The minimum Gasteiger partial charge on any atom is -0.388 e. The predicted octanol–water partition coefficient (Wildman–Crippen LogP) is 3.68. The van der Waals surface area contributed by atoms with Gasteiger partial charge in [0.15, 0.2) is 0 Å². The van der Waals surface area contributed by atoms with Crippen molar-refractivity contribution in [3.8, 4) is 0 Å². The van der Waals surface area contributed by atoms with E-state index in [1.807, 2.05) is 50.3 Å². The topological polar surface area (TPSA) is 49.3 Å². The molecule has 0 heterocycles. The Bertz CT molecular complexity index is 390. The first-order valence-corrected chi connectivity index (χ1v) is 7.63. The van der Waals surface area contributed by atoms with Crippen molar-refractivity contribution in [3.05, 3.63) is 48.6 Å². The molecule has 0 radical (unpaired) electrons. The smallest absolute Gasteiger partial charge is 0.243 e. The van der Waals surface area contributed by atoms with E-state index in [1.165, 1.54) is 6.08 Å². The molecule has 0 aliphatic heterocycles. The maximum atomic E-state index is 11.6. The third-order valence-electron chi connectivity index (χ3n) is 2.86. The second-order valence-corrected chi connectivity index (χ2v) is 5.28. The third kappa shape index (κ3) is 13.1. The second-order valence-electron chi connectivity index (χ2n) is 5.28. The van der Waals surface area contributed by atoms with E-state index >= 15 is 0 Å². The number of amides is 1. The molecule has 1 atom stereocenters. The summed E-state index contributed by atoms with van der Waals surface area (Å²) in [5.41, 5.74) is -0.819. The van der Waals surface area contributed by atoms with Gasteiger partial charge in [0.25, 0.3) is 0 Å². The molecule has 0 aromatic carbocycles. The highest BCUT2D eigenvalue weighted by Gasteiger charge is 2.18. The molecule has 0 rings (SSSR count). The van der Waals surface area contributed by atoms with Gasteiger partial charge in [-0.25, -0.2) is 0 Å². The Kier molecular flexibility index (Phi) is 11.2. The Labute approximate surface area is 129 Å². The molecule has 0 spiro atoms. The number of carbonyl (C=O) groups excluding carboxylic acids is 1. The largest absolute Gasteiger partial charge is 0.388 e. The lowest BCUT2D eigenvalue weighted by molar-refractivity contribution is -0.117. The van der Waals surface area contributed by atoms with Crippen LogP contribution >= 0.6 is 0 Å². The highest BCUT2D eigenvalue weighted by atomic mass is 16.3. The number of hydrogen-bond acceptors (Lipinski definition) is 2. The molecule has 0 aliphatic rings. The van der Waals surface area contributed by atoms with Gasteiger partial charge in [-0.2, -0.15) is 0 Å². The van der Waals surface area contributed by atoms with E-state index < -0.39 is 5.60 Å². The predicted molar refractivity (Wildman–Crippen MR) is 90.0 cm³/mol. The maximum Gasteiger partial charge on any atom is 0.243 e. The monoisotopic (exact) mass is 291 g/mol. The van der Waals surface area contributed by atoms with Gasteiger partial charge in [-0.1, -0.05) is 55.9 Å². The molecule has 0 aromatic heterocycles. The average molecular weight is 291 g/mol. The van der Waals surface area contributed by atoms with Crippen LogP contribution in [0.1, 0.15) is 46.5 Å². The molecule has 0 fully saturated rings. The van der Waals surface area contributed by atoms with Crippen LogP contribution in [0.25, 0.3) is 0 Å². The zero-order chi connectivity index (χ0) is 16.0. The molecule has 0 bridgehead atoms. The van der Waals surface area contributed by atoms with Crippen LogP contribution < -0.4 is 5.32 Å². The standard InChI is InChI=1S/C18H29NO2/c1-4-6-7-8-9-10-11-12-13-14-17(20)19-16-18(3,21)15-5-2/h4,6-10,13-14,21H,5,11-12,15-16H2,1-3H3,(H,19,20). The summed E-state index contributed by atoms with van der Waals surface area (Å²) in [6, 6.07) is 0. The van der Waals surface area contributed by atoms with Crippen molar-refractivity contribution in [3.63, 3.8) is 0 Å². The highest BCUT2D eigenvalue weighted by Crippen LogP contribution is 2.09. The fourth-order valence-corrected chi connectivity index (χ4v) is 1.76. The van der Waals surface area contributed by atoms with Crippen molar-refractivity contribution in [2.24, 2.45) is 0 Å². The van der Waals surface area contributed by atoms with Gasteiger partial charge in [-0.05, 0) is 39.2 Å². The molecule has 3 nitrogen and oxygen atoms in total. The average Bonchev–Trinajstić information content (AvgIpc) is 2.43. The molecule has 0 aromatic rings. The Balaban J connectivity index is 3.81. The number of aliphatic hydroxyl groups is 1. The van der Waals surface area contributed by atoms with Crippen LogP contribution in [0, 0.1) is 0 Å². The van der Waals surface area contributed by atoms with Crippen LogP contribution in [-0.4, -0.2) is 23.2 Å². The molecule has 2 N–H and O–H groups in total. The summed E-state index contributed by atoms with van der Waals surface area (Å²) < 4.78 is 0. The lowest BCUT2D eigenvalue weighted by Crippen LogP contribution is -2.39. The molecule has 0 saturated heterocycles. The van der Waals surface area contributed by atoms with Gasteiger partial charge in [0.1, 0.15) is 0 Å². The first-order chi connectivity index (χ1) is 10.0. The van der Waals surface area contributed by atoms with E-state index in [2.05, 4.69) is 11.4 Å². The van der Waals surface area contributed by atoms with Gasteiger partial charge in [0.2, 0.25) is 5.91 Å². The van der Waals surface area contributed by atoms with E-state index in [1.54, 1.807) is 6.92 Å². The molecule has 0 saturated carbocycles. The van der Waals surface area contributed by atoms with Gasteiger partial charge < -0.3 is 10.4 Å². The van der Waals surface area contributed by atoms with Gasteiger partial charge in [0.05, 0.1) is 5.60 Å².